The topological polar surface area (TPSA) is 29.5 Å². The molecule has 0 aromatic carbocycles. The molecule has 2 atom stereocenters. The third-order valence-corrected chi connectivity index (χ3v) is 2.52. The molecule has 0 radical (unpaired) electrons. The van der Waals surface area contributed by atoms with Crippen LogP contribution in [0.4, 0.5) is 0 Å². The van der Waals surface area contributed by atoms with Gasteiger partial charge in [-0.3, -0.25) is 0 Å². The molecule has 0 aromatic rings. The number of hydrogen-bond donors (Lipinski definition) is 1. The van der Waals surface area contributed by atoms with Crippen LogP contribution in [0.3, 0.4) is 0 Å². The van der Waals surface area contributed by atoms with Gasteiger partial charge in [-0.15, -0.1) is 0 Å². The summed E-state index contributed by atoms with van der Waals surface area (Å²) >= 11 is 0. The minimum absolute atomic E-state index is 0.303. The molecule has 2 nitrogen and oxygen atoms in total. The molecule has 2 heteroatoms. The molecular formula is C10H18O2. The van der Waals surface area contributed by atoms with Gasteiger partial charge in [-0.25, -0.2) is 0 Å². The number of aliphatic hydroxyl groups excluding tert-OH is 1. The summed E-state index contributed by atoms with van der Waals surface area (Å²) in [5, 5.41) is 9.70. The normalized spacial score (nSPS) is 37.4. The number of aliphatic hydroxyl groups is 1. The maximum atomic E-state index is 9.70. The van der Waals surface area contributed by atoms with Crippen molar-refractivity contribution >= 4 is 0 Å². The monoisotopic (exact) mass is 170 g/mol. The van der Waals surface area contributed by atoms with Crippen LogP contribution in [0.1, 0.15) is 33.1 Å². The van der Waals surface area contributed by atoms with Crippen LogP contribution >= 0.6 is 0 Å². The summed E-state index contributed by atoms with van der Waals surface area (Å²) in [7, 11) is 0. The Kier molecular flexibility index (Phi) is 3.29. The van der Waals surface area contributed by atoms with Crippen molar-refractivity contribution in [1.29, 1.82) is 0 Å². The van der Waals surface area contributed by atoms with Crippen molar-refractivity contribution in [2.45, 2.75) is 44.8 Å². The van der Waals surface area contributed by atoms with Gasteiger partial charge in [-0.2, -0.15) is 0 Å². The smallest absolute Gasteiger partial charge is 0.0946 e. The molecule has 0 aliphatic carbocycles. The van der Waals surface area contributed by atoms with E-state index in [1.165, 1.54) is 0 Å². The fraction of sp³-hybridized carbons (Fsp3) is 0.800. The van der Waals surface area contributed by atoms with Gasteiger partial charge in [0.15, 0.2) is 0 Å². The lowest BCUT2D eigenvalue weighted by molar-refractivity contribution is -0.141. The minimum Gasteiger partial charge on any atom is -0.390 e. The van der Waals surface area contributed by atoms with E-state index >= 15 is 0 Å². The first-order chi connectivity index (χ1) is 5.69. The van der Waals surface area contributed by atoms with Crippen molar-refractivity contribution in [2.24, 2.45) is 0 Å². The average Bonchev–Trinajstić information content (AvgIpc) is 2.07. The van der Waals surface area contributed by atoms with Gasteiger partial charge in [0.25, 0.3) is 0 Å². The van der Waals surface area contributed by atoms with E-state index in [-0.39, 0.29) is 11.7 Å². The molecule has 1 aliphatic heterocycles. The van der Waals surface area contributed by atoms with Gasteiger partial charge in [0.05, 0.1) is 11.7 Å². The Morgan fingerprint density at radius 2 is 2.42 bits per heavy atom. The van der Waals surface area contributed by atoms with Gasteiger partial charge in [0.1, 0.15) is 0 Å². The van der Waals surface area contributed by atoms with Crippen molar-refractivity contribution in [2.75, 3.05) is 6.61 Å². The van der Waals surface area contributed by atoms with Crippen LogP contribution in [0.5, 0.6) is 0 Å². The Morgan fingerprint density at radius 3 is 3.00 bits per heavy atom. The van der Waals surface area contributed by atoms with Crippen LogP contribution in [0.15, 0.2) is 12.2 Å². The number of rotatable bonds is 2. The average molecular weight is 170 g/mol. The van der Waals surface area contributed by atoms with E-state index in [4.69, 9.17) is 4.74 Å². The molecular weight excluding hydrogens is 152 g/mol. The maximum Gasteiger partial charge on any atom is 0.0946 e. The first-order valence-corrected chi connectivity index (χ1v) is 4.62. The van der Waals surface area contributed by atoms with Crippen LogP contribution in [-0.2, 0) is 4.74 Å². The molecule has 0 saturated carbocycles. The quantitative estimate of drug-likeness (QED) is 0.641. The summed E-state index contributed by atoms with van der Waals surface area (Å²) in [6.07, 6.45) is 6.40. The second kappa shape index (κ2) is 4.06. The summed E-state index contributed by atoms with van der Waals surface area (Å²) in [6, 6.07) is 0. The van der Waals surface area contributed by atoms with E-state index in [1.54, 1.807) is 0 Å². The van der Waals surface area contributed by atoms with Crippen LogP contribution < -0.4 is 0 Å². The largest absolute Gasteiger partial charge is 0.390 e. The Morgan fingerprint density at radius 1 is 1.67 bits per heavy atom. The summed E-state index contributed by atoms with van der Waals surface area (Å²) in [5.41, 5.74) is -0.342. The highest BCUT2D eigenvalue weighted by Crippen LogP contribution is 2.28. The fourth-order valence-electron chi connectivity index (χ4n) is 1.53. The first-order valence-electron chi connectivity index (χ1n) is 4.62. The van der Waals surface area contributed by atoms with E-state index in [1.807, 2.05) is 19.9 Å². The SMILES string of the molecule is C/C=C\C[C@@]1(C)OCCC[C@@H]1O. The van der Waals surface area contributed by atoms with Gasteiger partial charge >= 0.3 is 0 Å². The van der Waals surface area contributed by atoms with Crippen LogP contribution in [0, 0.1) is 0 Å². The van der Waals surface area contributed by atoms with Crippen molar-refractivity contribution in [1.82, 2.24) is 0 Å². The number of hydrogen-bond acceptors (Lipinski definition) is 2. The zero-order valence-corrected chi connectivity index (χ0v) is 7.92. The highest BCUT2D eigenvalue weighted by Gasteiger charge is 2.35. The van der Waals surface area contributed by atoms with Gasteiger partial charge in [0, 0.05) is 6.61 Å². The van der Waals surface area contributed by atoms with Crippen molar-refractivity contribution in [3.05, 3.63) is 12.2 Å². The molecule has 1 saturated heterocycles. The molecule has 0 aromatic heterocycles. The zero-order chi connectivity index (χ0) is 9.03. The van der Waals surface area contributed by atoms with Crippen LogP contribution in [0.25, 0.3) is 0 Å². The van der Waals surface area contributed by atoms with Crippen molar-refractivity contribution in [3.8, 4) is 0 Å². The van der Waals surface area contributed by atoms with Crippen LogP contribution in [-0.4, -0.2) is 23.4 Å². The van der Waals surface area contributed by atoms with Crippen LogP contribution in [0.2, 0.25) is 0 Å². The number of allylic oxidation sites excluding steroid dienone is 1. The van der Waals surface area contributed by atoms with Crippen molar-refractivity contribution < 1.29 is 9.84 Å². The predicted octanol–water partition coefficient (Wildman–Crippen LogP) is 1.88. The molecule has 12 heavy (non-hydrogen) atoms. The van der Waals surface area contributed by atoms with E-state index in [9.17, 15) is 5.11 Å². The molecule has 1 aliphatic rings. The summed E-state index contributed by atoms with van der Waals surface area (Å²) < 4.78 is 5.58. The molecule has 1 rings (SSSR count). The highest BCUT2D eigenvalue weighted by molar-refractivity contribution is 4.94. The first kappa shape index (κ1) is 9.75. The number of ether oxygens (including phenoxy) is 1. The standard InChI is InChI=1S/C10H18O2/c1-3-4-7-10(2)9(11)6-5-8-12-10/h3-4,9,11H,5-8H2,1-2H3/b4-3-/t9-,10+/m0/s1. The second-order valence-corrected chi connectivity index (χ2v) is 3.59. The lowest BCUT2D eigenvalue weighted by atomic mass is 9.89. The molecule has 1 heterocycles. The Balaban J connectivity index is 2.53. The molecule has 1 fully saturated rings. The van der Waals surface area contributed by atoms with Gasteiger partial charge in [-0.05, 0) is 33.1 Å². The van der Waals surface area contributed by atoms with Gasteiger partial charge in [-0.1, -0.05) is 12.2 Å². The lowest BCUT2D eigenvalue weighted by Crippen LogP contribution is -2.45. The second-order valence-electron chi connectivity index (χ2n) is 3.59. The van der Waals surface area contributed by atoms with E-state index in [2.05, 4.69) is 6.08 Å². The third-order valence-electron chi connectivity index (χ3n) is 2.52. The Hall–Kier alpha value is -0.340. The molecule has 0 unspecified atom stereocenters. The van der Waals surface area contributed by atoms with E-state index in [0.717, 1.165) is 25.9 Å². The summed E-state index contributed by atoms with van der Waals surface area (Å²) in [6.45, 7) is 4.75. The Bertz CT molecular complexity index is 165. The fourth-order valence-corrected chi connectivity index (χ4v) is 1.53. The predicted molar refractivity (Wildman–Crippen MR) is 49.0 cm³/mol. The summed E-state index contributed by atoms with van der Waals surface area (Å²) in [4.78, 5) is 0. The highest BCUT2D eigenvalue weighted by atomic mass is 16.5. The Labute approximate surface area is 74.2 Å². The third kappa shape index (κ3) is 2.08. The van der Waals surface area contributed by atoms with Gasteiger partial charge in [0.2, 0.25) is 0 Å². The van der Waals surface area contributed by atoms with E-state index in [0.29, 0.717) is 0 Å². The molecule has 0 amide bonds. The molecule has 70 valence electrons. The van der Waals surface area contributed by atoms with Crippen molar-refractivity contribution in [3.63, 3.8) is 0 Å². The van der Waals surface area contributed by atoms with E-state index < -0.39 is 0 Å². The molecule has 0 bridgehead atoms. The van der Waals surface area contributed by atoms with Gasteiger partial charge < -0.3 is 9.84 Å². The molecule has 1 N–H and O–H groups in total. The lowest BCUT2D eigenvalue weighted by Gasteiger charge is -2.37. The zero-order valence-electron chi connectivity index (χ0n) is 7.92. The maximum absolute atomic E-state index is 9.70. The summed E-state index contributed by atoms with van der Waals surface area (Å²) in [5.74, 6) is 0. The minimum atomic E-state index is -0.342. The molecule has 0 spiro atoms.